The smallest absolute Gasteiger partial charge is 0.289 e. The molecule has 0 aliphatic carbocycles. The number of hydrogen-bond acceptors (Lipinski definition) is 2. The minimum Gasteiger partial charge on any atom is -0.289 e. The summed E-state index contributed by atoms with van der Waals surface area (Å²) in [4.78, 5) is 10.6. The van der Waals surface area contributed by atoms with Crippen LogP contribution in [0.3, 0.4) is 0 Å². The zero-order chi connectivity index (χ0) is 10.9. The van der Waals surface area contributed by atoms with Crippen LogP contribution < -0.4 is 0 Å². The van der Waals surface area contributed by atoms with Gasteiger partial charge >= 0.3 is 6.18 Å². The van der Waals surface area contributed by atoms with E-state index in [1.54, 1.807) is 14.0 Å². The van der Waals surface area contributed by atoms with Gasteiger partial charge in [-0.2, -0.15) is 18.3 Å². The first-order chi connectivity index (χ1) is 6.30. The molecular formula is C8H9F3N2O. The van der Waals surface area contributed by atoms with E-state index in [4.69, 9.17) is 0 Å². The molecule has 1 rings (SSSR count). The molecule has 3 nitrogen and oxygen atoms in total. The van der Waals surface area contributed by atoms with Crippen molar-refractivity contribution in [3.05, 3.63) is 17.5 Å². The van der Waals surface area contributed by atoms with Gasteiger partial charge < -0.3 is 0 Å². The van der Waals surface area contributed by atoms with Gasteiger partial charge in [0.05, 0.1) is 5.69 Å². The summed E-state index contributed by atoms with van der Waals surface area (Å²) in [6, 6.07) is 0. The van der Waals surface area contributed by atoms with Gasteiger partial charge in [-0.25, -0.2) is 0 Å². The summed E-state index contributed by atoms with van der Waals surface area (Å²) in [7, 11) is 1.59. The minimum absolute atomic E-state index is 0.315. The van der Waals surface area contributed by atoms with Crippen molar-refractivity contribution in [3.8, 4) is 0 Å². The Morgan fingerprint density at radius 2 is 2.14 bits per heavy atom. The Balaban J connectivity index is 2.80. The average molecular weight is 206 g/mol. The Hall–Kier alpha value is -1.33. The number of aryl methyl sites for hydroxylation is 2. The van der Waals surface area contributed by atoms with E-state index in [-0.39, 0.29) is 0 Å². The van der Waals surface area contributed by atoms with Crippen molar-refractivity contribution in [2.45, 2.75) is 19.5 Å². The third kappa shape index (κ3) is 2.34. The number of ketones is 1. The molecular weight excluding hydrogens is 197 g/mol. The van der Waals surface area contributed by atoms with Crippen LogP contribution in [0.2, 0.25) is 0 Å². The van der Waals surface area contributed by atoms with Gasteiger partial charge in [-0.15, -0.1) is 0 Å². The van der Waals surface area contributed by atoms with Crippen LogP contribution in [-0.2, 0) is 18.3 Å². The summed E-state index contributed by atoms with van der Waals surface area (Å²) >= 11 is 0. The fraction of sp³-hybridized carbons (Fsp3) is 0.500. The summed E-state index contributed by atoms with van der Waals surface area (Å²) < 4.78 is 37.1. The molecule has 1 heterocycles. The molecule has 0 saturated heterocycles. The quantitative estimate of drug-likeness (QED) is 0.733. The number of carbonyl (C=O) groups is 1. The van der Waals surface area contributed by atoms with E-state index in [0.717, 1.165) is 0 Å². The average Bonchev–Trinajstić information content (AvgIpc) is 2.28. The normalized spacial score (nSPS) is 11.8. The number of nitrogens with zero attached hydrogens (tertiary/aromatic N) is 2. The van der Waals surface area contributed by atoms with E-state index in [1.165, 1.54) is 10.9 Å². The van der Waals surface area contributed by atoms with Crippen LogP contribution in [0.15, 0.2) is 6.20 Å². The van der Waals surface area contributed by atoms with Gasteiger partial charge in [0.2, 0.25) is 5.78 Å². The molecule has 0 radical (unpaired) electrons. The third-order valence-corrected chi connectivity index (χ3v) is 1.78. The Labute approximate surface area is 78.5 Å². The molecule has 0 spiro atoms. The number of carbonyl (C=O) groups excluding carboxylic acids is 1. The summed E-state index contributed by atoms with van der Waals surface area (Å²) in [6.45, 7) is 1.57. The molecule has 0 atom stereocenters. The van der Waals surface area contributed by atoms with Gasteiger partial charge in [0.1, 0.15) is 0 Å². The lowest BCUT2D eigenvalue weighted by atomic mass is 10.1. The number of Topliss-reactive ketones (excluding diaryl/α,β-unsaturated/α-hetero) is 1. The van der Waals surface area contributed by atoms with Crippen molar-refractivity contribution in [1.82, 2.24) is 9.78 Å². The van der Waals surface area contributed by atoms with E-state index in [1.807, 2.05) is 0 Å². The van der Waals surface area contributed by atoms with Crippen LogP contribution in [0.4, 0.5) is 13.2 Å². The molecule has 78 valence electrons. The molecule has 0 amide bonds. The van der Waals surface area contributed by atoms with Crippen LogP contribution >= 0.6 is 0 Å². The van der Waals surface area contributed by atoms with Crippen LogP contribution in [0.25, 0.3) is 0 Å². The second-order valence-corrected chi connectivity index (χ2v) is 3.01. The maximum atomic E-state index is 11.9. The standard InChI is InChI=1S/C8H9F3N2O/c1-5-6(4-13(2)12-5)3-7(14)8(9,10)11/h4H,3H2,1-2H3. The largest absolute Gasteiger partial charge is 0.450 e. The monoisotopic (exact) mass is 206 g/mol. The van der Waals surface area contributed by atoms with Crippen molar-refractivity contribution in [2.24, 2.45) is 7.05 Å². The summed E-state index contributed by atoms with van der Waals surface area (Å²) in [5, 5.41) is 3.84. The fourth-order valence-electron chi connectivity index (χ4n) is 1.10. The van der Waals surface area contributed by atoms with Gasteiger partial charge in [-0.1, -0.05) is 0 Å². The fourth-order valence-corrected chi connectivity index (χ4v) is 1.10. The first kappa shape index (κ1) is 10.7. The summed E-state index contributed by atoms with van der Waals surface area (Å²) in [6.07, 6.45) is -3.98. The molecule has 0 N–H and O–H groups in total. The highest BCUT2D eigenvalue weighted by molar-refractivity contribution is 5.86. The second kappa shape index (κ2) is 3.43. The van der Waals surface area contributed by atoms with E-state index in [2.05, 4.69) is 5.10 Å². The van der Waals surface area contributed by atoms with Crippen LogP contribution in [0, 0.1) is 6.92 Å². The van der Waals surface area contributed by atoms with Gasteiger partial charge in [0.15, 0.2) is 0 Å². The predicted octanol–water partition coefficient (Wildman–Crippen LogP) is 1.40. The lowest BCUT2D eigenvalue weighted by Gasteiger charge is -2.03. The van der Waals surface area contributed by atoms with Crippen molar-refractivity contribution in [3.63, 3.8) is 0 Å². The van der Waals surface area contributed by atoms with Gasteiger partial charge in [0, 0.05) is 25.2 Å². The van der Waals surface area contributed by atoms with E-state index < -0.39 is 18.4 Å². The van der Waals surface area contributed by atoms with E-state index >= 15 is 0 Å². The Morgan fingerprint density at radius 1 is 1.57 bits per heavy atom. The molecule has 0 aliphatic heterocycles. The Morgan fingerprint density at radius 3 is 2.50 bits per heavy atom. The number of aromatic nitrogens is 2. The molecule has 0 saturated carbocycles. The zero-order valence-electron chi connectivity index (χ0n) is 7.72. The van der Waals surface area contributed by atoms with Crippen LogP contribution in [0.1, 0.15) is 11.3 Å². The summed E-state index contributed by atoms with van der Waals surface area (Å²) in [5.74, 6) is -1.74. The SMILES string of the molecule is Cc1nn(C)cc1CC(=O)C(F)(F)F. The molecule has 0 fully saturated rings. The van der Waals surface area contributed by atoms with Crippen molar-refractivity contribution in [2.75, 3.05) is 0 Å². The van der Waals surface area contributed by atoms with Crippen LogP contribution in [-0.4, -0.2) is 21.7 Å². The molecule has 0 unspecified atom stereocenters. The Kier molecular flexibility index (Phi) is 2.64. The summed E-state index contributed by atoms with van der Waals surface area (Å²) in [5.41, 5.74) is 0.764. The molecule has 1 aromatic heterocycles. The lowest BCUT2D eigenvalue weighted by molar-refractivity contribution is -0.170. The number of halogens is 3. The van der Waals surface area contributed by atoms with Crippen molar-refractivity contribution in [1.29, 1.82) is 0 Å². The highest BCUT2D eigenvalue weighted by atomic mass is 19.4. The van der Waals surface area contributed by atoms with Gasteiger partial charge in [-0.3, -0.25) is 9.48 Å². The molecule has 0 bridgehead atoms. The van der Waals surface area contributed by atoms with Crippen LogP contribution in [0.5, 0.6) is 0 Å². The van der Waals surface area contributed by atoms with Crippen molar-refractivity contribution >= 4 is 5.78 Å². The van der Waals surface area contributed by atoms with Gasteiger partial charge in [0.25, 0.3) is 0 Å². The number of hydrogen-bond donors (Lipinski definition) is 0. The second-order valence-electron chi connectivity index (χ2n) is 3.01. The first-order valence-corrected chi connectivity index (χ1v) is 3.90. The minimum atomic E-state index is -4.76. The molecule has 1 aromatic rings. The van der Waals surface area contributed by atoms with E-state index in [0.29, 0.717) is 11.3 Å². The lowest BCUT2D eigenvalue weighted by Crippen LogP contribution is -2.24. The predicted molar refractivity (Wildman–Crippen MR) is 42.7 cm³/mol. The topological polar surface area (TPSA) is 34.9 Å². The molecule has 6 heteroatoms. The highest BCUT2D eigenvalue weighted by Gasteiger charge is 2.38. The third-order valence-electron chi connectivity index (χ3n) is 1.78. The zero-order valence-corrected chi connectivity index (χ0v) is 7.72. The molecule has 0 aromatic carbocycles. The van der Waals surface area contributed by atoms with E-state index in [9.17, 15) is 18.0 Å². The first-order valence-electron chi connectivity index (χ1n) is 3.90. The highest BCUT2D eigenvalue weighted by Crippen LogP contribution is 2.19. The number of rotatable bonds is 2. The number of alkyl halides is 3. The maximum absolute atomic E-state index is 11.9. The maximum Gasteiger partial charge on any atom is 0.450 e. The van der Waals surface area contributed by atoms with Crippen molar-refractivity contribution < 1.29 is 18.0 Å². The molecule has 14 heavy (non-hydrogen) atoms. The van der Waals surface area contributed by atoms with Gasteiger partial charge in [-0.05, 0) is 6.92 Å². The Bertz CT molecular complexity index is 354. The molecule has 0 aliphatic rings.